The maximum absolute atomic E-state index is 14.8. The zero-order valence-electron chi connectivity index (χ0n) is 40.8. The number of esters is 1. The van der Waals surface area contributed by atoms with Crippen LogP contribution in [0.1, 0.15) is 83.2 Å². The highest BCUT2D eigenvalue weighted by molar-refractivity contribution is 7.10. The average Bonchev–Trinajstić information content (AvgIpc) is 3.88. The molecule has 3 aliphatic rings. The van der Waals surface area contributed by atoms with Crippen molar-refractivity contribution < 1.29 is 33.4 Å². The Bertz CT molecular complexity index is 2560. The second-order valence-electron chi connectivity index (χ2n) is 19.7. The van der Waals surface area contributed by atoms with E-state index >= 15 is 0 Å². The number of urea groups is 1. The number of aromatic nitrogens is 3. The second-order valence-corrected chi connectivity index (χ2v) is 22.3. The number of ether oxygens (including phenoxy) is 2. The van der Waals surface area contributed by atoms with Crippen LogP contribution in [0.25, 0.3) is 33.4 Å². The predicted octanol–water partition coefficient (Wildman–Crippen LogP) is 4.69. The molecule has 1 aromatic carbocycles. The van der Waals surface area contributed by atoms with E-state index in [0.29, 0.717) is 54.0 Å². The highest BCUT2D eigenvalue weighted by Crippen LogP contribution is 2.42. The maximum atomic E-state index is 14.8. The normalized spacial score (nSPS) is 22.7. The summed E-state index contributed by atoms with van der Waals surface area (Å²) in [5.41, 5.74) is 9.39. The second kappa shape index (κ2) is 19.7. The smallest absolute Gasteiger partial charge is 0.323 e. The zero-order chi connectivity index (χ0) is 48.7. The summed E-state index contributed by atoms with van der Waals surface area (Å²) in [5.74, 6) is -1.89. The van der Waals surface area contributed by atoms with Crippen LogP contribution >= 0.6 is 11.3 Å². The minimum Gasteiger partial charge on any atom is -0.464 e. The predicted molar refractivity (Wildman–Crippen MR) is 263 cm³/mol. The molecule has 6 atom stereocenters. The van der Waals surface area contributed by atoms with Gasteiger partial charge in [-0.05, 0) is 81.4 Å². The van der Waals surface area contributed by atoms with E-state index in [-0.39, 0.29) is 49.1 Å². The van der Waals surface area contributed by atoms with Crippen molar-refractivity contribution >= 4 is 62.2 Å². The van der Waals surface area contributed by atoms with Gasteiger partial charge in [0.15, 0.2) is 0 Å². The molecule has 2 N–H and O–H groups in total. The Morgan fingerprint density at radius 1 is 1.13 bits per heavy atom. The number of carbonyl (C=O) groups excluding carboxylic acids is 5. The number of pyridine rings is 1. The van der Waals surface area contributed by atoms with Crippen molar-refractivity contribution in [2.75, 3.05) is 41.4 Å². The van der Waals surface area contributed by atoms with Gasteiger partial charge in [-0.25, -0.2) is 15.2 Å². The number of nitrogens with zero attached hydrogens (tertiary/aromatic N) is 7. The Labute approximate surface area is 400 Å². The highest BCUT2D eigenvalue weighted by Gasteiger charge is 2.48. The number of hydrogen-bond acceptors (Lipinski definition) is 11. The molecular weight excluding hydrogens is 887 g/mol. The van der Waals surface area contributed by atoms with E-state index in [9.17, 15) is 24.0 Å². The molecule has 1 saturated heterocycles. The number of thiazole rings is 1. The Balaban J connectivity index is 1.27. The van der Waals surface area contributed by atoms with E-state index in [1.807, 2.05) is 32.2 Å². The first-order valence-corrected chi connectivity index (χ1v) is 25.2. The summed E-state index contributed by atoms with van der Waals surface area (Å²) >= 11 is 1.41. The Morgan fingerprint density at radius 3 is 2.55 bits per heavy atom. The fraction of sp³-hybridized carbons (Fsp3) is 0.531. The van der Waals surface area contributed by atoms with Crippen LogP contribution in [0.5, 0.6) is 0 Å². The molecule has 1 saturated carbocycles. The number of amides is 5. The molecule has 18 heteroatoms. The van der Waals surface area contributed by atoms with Gasteiger partial charge in [0, 0.05) is 97.0 Å². The van der Waals surface area contributed by atoms with E-state index in [0.717, 1.165) is 44.7 Å². The molecule has 67 heavy (non-hydrogen) atoms. The summed E-state index contributed by atoms with van der Waals surface area (Å²) < 4.78 is 14.4. The van der Waals surface area contributed by atoms with Gasteiger partial charge in [0.05, 0.1) is 46.9 Å². The minimum absolute atomic E-state index is 0.0708. The monoisotopic (exact) mass is 953 g/mol. The van der Waals surface area contributed by atoms with Crippen LogP contribution in [0.2, 0.25) is 0 Å². The maximum Gasteiger partial charge on any atom is 0.323 e. The number of rotatable bonds is 11. The van der Waals surface area contributed by atoms with Crippen LogP contribution in [-0.4, -0.2) is 145 Å². The molecule has 5 amide bonds. The van der Waals surface area contributed by atoms with E-state index in [1.165, 1.54) is 27.3 Å². The van der Waals surface area contributed by atoms with Crippen LogP contribution in [0, 0.1) is 11.3 Å². The first kappa shape index (κ1) is 49.5. The SMILES string of the molecule is C=CC(=O)N(C)[C@H]1CC1N(C)C(=O)N(C)[C@H](C(=O)N[C@H]1Cc2nc(cs2)-c2ccc3c(c2)c(c(-c2cccnc2[C@H](C)OC)n3CC)CC(C)(C)COC(=O)[C@@]2([SiH3])CCCN(N2)C1=O)C(C)C. The van der Waals surface area contributed by atoms with Crippen molar-refractivity contribution in [2.45, 2.75) is 116 Å². The van der Waals surface area contributed by atoms with Crippen LogP contribution in [-0.2, 0) is 48.0 Å². The molecule has 2 aliphatic heterocycles. The molecule has 2 fully saturated rings. The van der Waals surface area contributed by atoms with Crippen molar-refractivity contribution in [2.24, 2.45) is 11.3 Å². The van der Waals surface area contributed by atoms with E-state index in [1.54, 1.807) is 44.2 Å². The Hall–Kier alpha value is -5.43. The summed E-state index contributed by atoms with van der Waals surface area (Å²) in [6.45, 7) is 16.8. The fourth-order valence-electron chi connectivity index (χ4n) is 9.82. The summed E-state index contributed by atoms with van der Waals surface area (Å²) in [5, 5.41) is 7.06. The number of hydrogen-bond donors (Lipinski definition) is 2. The van der Waals surface area contributed by atoms with Crippen LogP contribution in [0.4, 0.5) is 4.79 Å². The molecule has 1 unspecified atom stereocenters. The lowest BCUT2D eigenvalue weighted by molar-refractivity contribution is -0.158. The van der Waals surface area contributed by atoms with Crippen molar-refractivity contribution in [3.05, 3.63) is 70.8 Å². The molecular formula is C49H67N9O7SSi. The van der Waals surface area contributed by atoms with Crippen molar-refractivity contribution in [3.63, 3.8) is 0 Å². The van der Waals surface area contributed by atoms with Gasteiger partial charge >= 0.3 is 12.0 Å². The standard InChI is InChI=1S/C49H67N9O7SSi/c1-12-40(59)54(8)37-24-38(37)55(9)47(63)56(10)42(28(3)4)44(60)52-34-23-39-51-35(26-66-39)30-17-18-36-32(22-30)33(43(57(36)13-2)31-16-14-20-50-41(31)29(5)64-11)25-48(6,7)27-65-46(62)49(67)19-15-21-58(53-49)45(34)61/h12,14,16-18,20,22,26,28-29,34,37-38,42,53H,1,13,15,19,21,23-25,27H2,2-11,67H3,(H,52,60)/t29-,34-,37-,38?,42-,49-/m0/s1. The van der Waals surface area contributed by atoms with Gasteiger partial charge in [-0.3, -0.25) is 29.2 Å². The minimum atomic E-state index is -1.10. The number of nitrogens with one attached hydrogen (secondary N) is 2. The number of methoxy groups -OCH3 is 1. The number of cyclic esters (lactones) is 1. The van der Waals surface area contributed by atoms with Crippen LogP contribution in [0.15, 0.2) is 54.6 Å². The molecule has 1 aliphatic carbocycles. The quantitative estimate of drug-likeness (QED) is 0.122. The third-order valence-electron chi connectivity index (χ3n) is 13.7. The van der Waals surface area contributed by atoms with Crippen molar-refractivity contribution in [3.8, 4) is 22.5 Å². The summed E-state index contributed by atoms with van der Waals surface area (Å²) in [4.78, 5) is 84.3. The highest BCUT2D eigenvalue weighted by atomic mass is 32.1. The summed E-state index contributed by atoms with van der Waals surface area (Å²) in [6, 6.07) is 7.62. The van der Waals surface area contributed by atoms with Gasteiger partial charge < -0.3 is 34.1 Å². The van der Waals surface area contributed by atoms with E-state index < -0.39 is 40.4 Å². The third kappa shape index (κ3) is 9.94. The first-order valence-electron chi connectivity index (χ1n) is 23.3. The average molecular weight is 954 g/mol. The third-order valence-corrected chi connectivity index (χ3v) is 15.7. The summed E-state index contributed by atoms with van der Waals surface area (Å²) in [6.07, 6.45) is 5.07. The van der Waals surface area contributed by atoms with Gasteiger partial charge in [-0.1, -0.05) is 40.3 Å². The van der Waals surface area contributed by atoms with Gasteiger partial charge in [0.2, 0.25) is 11.8 Å². The van der Waals surface area contributed by atoms with Gasteiger partial charge in [-0.15, -0.1) is 11.3 Å². The molecule has 0 radical (unpaired) electrons. The fourth-order valence-corrected chi connectivity index (χ4v) is 11.4. The topological polar surface area (TPSA) is 172 Å². The molecule has 360 valence electrons. The van der Waals surface area contributed by atoms with E-state index in [2.05, 4.69) is 66.9 Å². The van der Waals surface area contributed by atoms with Crippen LogP contribution in [0.3, 0.4) is 0 Å². The van der Waals surface area contributed by atoms with Gasteiger partial charge in [0.25, 0.3) is 5.91 Å². The molecule has 16 nitrogen and oxygen atoms in total. The Morgan fingerprint density at radius 2 is 1.87 bits per heavy atom. The number of fused-ring (bicyclic) bond motifs is 6. The molecule has 6 bridgehead atoms. The first-order chi connectivity index (χ1) is 31.7. The van der Waals surface area contributed by atoms with E-state index in [4.69, 9.17) is 19.4 Å². The van der Waals surface area contributed by atoms with Crippen molar-refractivity contribution in [1.29, 1.82) is 0 Å². The Kier molecular flexibility index (Phi) is 14.5. The molecule has 3 aromatic heterocycles. The molecule has 4 aromatic rings. The van der Waals surface area contributed by atoms with Crippen molar-refractivity contribution in [1.82, 2.24) is 45.0 Å². The number of aryl methyl sites for hydroxylation is 1. The van der Waals surface area contributed by atoms with Crippen LogP contribution < -0.4 is 10.7 Å². The summed E-state index contributed by atoms with van der Waals surface area (Å²) in [7, 11) is 6.97. The lowest BCUT2D eigenvalue weighted by Gasteiger charge is -2.41. The lowest BCUT2D eigenvalue weighted by atomic mass is 9.84. The van der Waals surface area contributed by atoms with Gasteiger partial charge in [-0.2, -0.15) is 0 Å². The molecule has 5 heterocycles. The lowest BCUT2D eigenvalue weighted by Crippen LogP contribution is -2.67. The number of likely N-dealkylation sites (N-methyl/N-ethyl adjacent to an activating group) is 3. The molecule has 7 rings (SSSR count). The molecule has 0 spiro atoms. The number of benzene rings is 1. The number of hydrazine groups is 1. The zero-order valence-corrected chi connectivity index (χ0v) is 43.7. The largest absolute Gasteiger partial charge is 0.464 e. The number of carbonyl (C=O) groups is 5. The van der Waals surface area contributed by atoms with Gasteiger partial charge in [0.1, 0.15) is 17.2 Å².